The molecule has 0 radical (unpaired) electrons. The van der Waals surface area contributed by atoms with Crippen LogP contribution in [0.2, 0.25) is 0 Å². The summed E-state index contributed by atoms with van der Waals surface area (Å²) in [4.78, 5) is 0. The van der Waals surface area contributed by atoms with Gasteiger partial charge >= 0.3 is 0 Å². The zero-order chi connectivity index (χ0) is 12.3. The van der Waals surface area contributed by atoms with Gasteiger partial charge in [-0.2, -0.15) is 0 Å². The summed E-state index contributed by atoms with van der Waals surface area (Å²) in [5, 5.41) is 0. The van der Waals surface area contributed by atoms with Gasteiger partial charge in [0.1, 0.15) is 5.75 Å². The van der Waals surface area contributed by atoms with Gasteiger partial charge in [0.25, 0.3) is 0 Å². The largest absolute Gasteiger partial charge is 0.493 e. The molecule has 1 aromatic rings. The van der Waals surface area contributed by atoms with E-state index in [-0.39, 0.29) is 0 Å². The smallest absolute Gasteiger partial charge is 0.122 e. The van der Waals surface area contributed by atoms with Crippen LogP contribution in [0.15, 0.2) is 12.1 Å². The van der Waals surface area contributed by atoms with Crippen LogP contribution in [-0.4, -0.2) is 19.8 Å². The highest BCUT2D eigenvalue weighted by Gasteiger charge is 2.15. The van der Waals surface area contributed by atoms with Crippen LogP contribution in [-0.2, 0) is 4.74 Å². The number of benzene rings is 1. The van der Waals surface area contributed by atoms with Crippen molar-refractivity contribution in [1.82, 2.24) is 0 Å². The predicted octanol–water partition coefficient (Wildman–Crippen LogP) is 2.69. The Labute approximate surface area is 103 Å². The van der Waals surface area contributed by atoms with Gasteiger partial charge in [-0.3, -0.25) is 0 Å². The second kappa shape index (κ2) is 5.41. The number of hydrogen-bond donors (Lipinski definition) is 1. The van der Waals surface area contributed by atoms with Crippen molar-refractivity contribution in [2.75, 3.05) is 25.6 Å². The molecule has 0 saturated carbocycles. The molecular formula is C14H21NO2. The van der Waals surface area contributed by atoms with E-state index in [1.165, 1.54) is 0 Å². The van der Waals surface area contributed by atoms with E-state index in [9.17, 15) is 0 Å². The SMILES string of the molecule is Cc1cc(OCC2CCOCC2)c(C)cc1N. The van der Waals surface area contributed by atoms with E-state index in [4.69, 9.17) is 15.2 Å². The molecule has 2 rings (SSSR count). The molecule has 0 unspecified atom stereocenters. The van der Waals surface area contributed by atoms with E-state index in [1.807, 2.05) is 26.0 Å². The van der Waals surface area contributed by atoms with Gasteiger partial charge in [0.15, 0.2) is 0 Å². The molecule has 0 spiro atoms. The van der Waals surface area contributed by atoms with Crippen LogP contribution < -0.4 is 10.5 Å². The Hall–Kier alpha value is -1.22. The molecule has 1 aromatic carbocycles. The lowest BCUT2D eigenvalue weighted by atomic mass is 10.0. The molecule has 3 heteroatoms. The standard InChI is InChI=1S/C14H21NO2/c1-10-8-14(11(2)7-13(10)15)17-9-12-3-5-16-6-4-12/h7-8,12H,3-6,9,15H2,1-2H3. The third-order valence-corrected chi connectivity index (χ3v) is 3.38. The Morgan fingerprint density at radius 2 is 1.94 bits per heavy atom. The first kappa shape index (κ1) is 12.2. The molecule has 2 N–H and O–H groups in total. The molecule has 0 aromatic heterocycles. The molecule has 1 fully saturated rings. The molecule has 1 aliphatic heterocycles. The third kappa shape index (κ3) is 3.13. The lowest BCUT2D eigenvalue weighted by molar-refractivity contribution is 0.0496. The fourth-order valence-corrected chi connectivity index (χ4v) is 2.09. The van der Waals surface area contributed by atoms with Crippen LogP contribution in [0.4, 0.5) is 5.69 Å². The van der Waals surface area contributed by atoms with E-state index in [2.05, 4.69) is 0 Å². The molecule has 1 heterocycles. The van der Waals surface area contributed by atoms with Crippen LogP contribution in [0.25, 0.3) is 0 Å². The van der Waals surface area contributed by atoms with Crippen molar-refractivity contribution >= 4 is 5.69 Å². The topological polar surface area (TPSA) is 44.5 Å². The minimum atomic E-state index is 0.626. The summed E-state index contributed by atoms with van der Waals surface area (Å²) in [6, 6.07) is 4.01. The number of ether oxygens (including phenoxy) is 2. The van der Waals surface area contributed by atoms with Gasteiger partial charge in [-0.15, -0.1) is 0 Å². The van der Waals surface area contributed by atoms with Gasteiger partial charge < -0.3 is 15.2 Å². The van der Waals surface area contributed by atoms with Gasteiger partial charge in [-0.25, -0.2) is 0 Å². The van der Waals surface area contributed by atoms with Crippen LogP contribution in [0.3, 0.4) is 0 Å². The maximum atomic E-state index is 5.90. The maximum Gasteiger partial charge on any atom is 0.122 e. The van der Waals surface area contributed by atoms with Crippen molar-refractivity contribution in [3.05, 3.63) is 23.3 Å². The summed E-state index contributed by atoms with van der Waals surface area (Å²) in [6.07, 6.45) is 2.21. The van der Waals surface area contributed by atoms with Crippen LogP contribution in [0, 0.1) is 19.8 Å². The third-order valence-electron chi connectivity index (χ3n) is 3.38. The summed E-state index contributed by atoms with van der Waals surface area (Å²) in [6.45, 7) is 6.57. The highest BCUT2D eigenvalue weighted by atomic mass is 16.5. The quantitative estimate of drug-likeness (QED) is 0.819. The number of aryl methyl sites for hydroxylation is 2. The number of rotatable bonds is 3. The molecule has 1 aliphatic rings. The molecule has 0 bridgehead atoms. The number of nitrogen functional groups attached to an aromatic ring is 1. The Morgan fingerprint density at radius 3 is 2.65 bits per heavy atom. The number of anilines is 1. The molecule has 3 nitrogen and oxygen atoms in total. The summed E-state index contributed by atoms with van der Waals surface area (Å²) in [5.74, 6) is 1.59. The van der Waals surface area contributed by atoms with Crippen molar-refractivity contribution in [2.45, 2.75) is 26.7 Å². The summed E-state index contributed by atoms with van der Waals surface area (Å²) < 4.78 is 11.2. The van der Waals surface area contributed by atoms with Crippen molar-refractivity contribution in [3.8, 4) is 5.75 Å². The van der Waals surface area contributed by atoms with E-state index >= 15 is 0 Å². The van der Waals surface area contributed by atoms with Crippen molar-refractivity contribution in [1.29, 1.82) is 0 Å². The zero-order valence-corrected chi connectivity index (χ0v) is 10.7. The first-order chi connectivity index (χ1) is 8.16. The first-order valence-corrected chi connectivity index (χ1v) is 6.24. The maximum absolute atomic E-state index is 5.90. The molecule has 0 amide bonds. The Morgan fingerprint density at radius 1 is 1.24 bits per heavy atom. The second-order valence-electron chi connectivity index (χ2n) is 4.84. The van der Waals surface area contributed by atoms with Gasteiger partial charge in [-0.1, -0.05) is 0 Å². The van der Waals surface area contributed by atoms with Crippen LogP contribution in [0.5, 0.6) is 5.75 Å². The molecule has 0 atom stereocenters. The minimum absolute atomic E-state index is 0.626. The molecule has 0 aliphatic carbocycles. The van der Waals surface area contributed by atoms with Gasteiger partial charge in [0, 0.05) is 18.9 Å². The molecular weight excluding hydrogens is 214 g/mol. The lowest BCUT2D eigenvalue weighted by Gasteiger charge is -2.22. The van der Waals surface area contributed by atoms with E-state index < -0.39 is 0 Å². The van der Waals surface area contributed by atoms with Crippen molar-refractivity contribution in [3.63, 3.8) is 0 Å². The average Bonchev–Trinajstić information content (AvgIpc) is 2.33. The fourth-order valence-electron chi connectivity index (χ4n) is 2.09. The summed E-state index contributed by atoms with van der Waals surface area (Å²) in [7, 11) is 0. The number of nitrogens with two attached hydrogens (primary N) is 1. The number of hydrogen-bond acceptors (Lipinski definition) is 3. The first-order valence-electron chi connectivity index (χ1n) is 6.24. The van der Waals surface area contributed by atoms with E-state index in [0.29, 0.717) is 5.92 Å². The van der Waals surface area contributed by atoms with Gasteiger partial charge in [-0.05, 0) is 55.9 Å². The Bertz CT molecular complexity index is 384. The van der Waals surface area contributed by atoms with Crippen LogP contribution in [0.1, 0.15) is 24.0 Å². The Kier molecular flexibility index (Phi) is 3.89. The second-order valence-corrected chi connectivity index (χ2v) is 4.84. The zero-order valence-electron chi connectivity index (χ0n) is 10.7. The monoisotopic (exact) mass is 235 g/mol. The van der Waals surface area contributed by atoms with E-state index in [1.54, 1.807) is 0 Å². The molecule has 17 heavy (non-hydrogen) atoms. The fraction of sp³-hybridized carbons (Fsp3) is 0.571. The highest BCUT2D eigenvalue weighted by Crippen LogP contribution is 2.25. The van der Waals surface area contributed by atoms with Gasteiger partial charge in [0.2, 0.25) is 0 Å². The lowest BCUT2D eigenvalue weighted by Crippen LogP contribution is -2.21. The van der Waals surface area contributed by atoms with E-state index in [0.717, 1.165) is 55.2 Å². The molecule has 94 valence electrons. The average molecular weight is 235 g/mol. The van der Waals surface area contributed by atoms with Crippen molar-refractivity contribution < 1.29 is 9.47 Å². The van der Waals surface area contributed by atoms with Crippen LogP contribution >= 0.6 is 0 Å². The predicted molar refractivity (Wildman–Crippen MR) is 69.4 cm³/mol. The van der Waals surface area contributed by atoms with Crippen molar-refractivity contribution in [2.24, 2.45) is 5.92 Å². The van der Waals surface area contributed by atoms with Gasteiger partial charge in [0.05, 0.1) is 6.61 Å². The minimum Gasteiger partial charge on any atom is -0.493 e. The summed E-state index contributed by atoms with van der Waals surface area (Å²) >= 11 is 0. The Balaban J connectivity index is 1.96. The highest BCUT2D eigenvalue weighted by molar-refractivity contribution is 5.53. The normalized spacial score (nSPS) is 17.1. The molecule has 1 saturated heterocycles. The summed E-state index contributed by atoms with van der Waals surface area (Å²) in [5.41, 5.74) is 8.88.